The Bertz CT molecular complexity index is 760. The molecule has 1 saturated heterocycles. The van der Waals surface area contributed by atoms with E-state index in [4.69, 9.17) is 9.15 Å². The number of para-hydroxylation sites is 2. The lowest BCUT2D eigenvalue weighted by Gasteiger charge is -2.12. The molecule has 23 heavy (non-hydrogen) atoms. The molecule has 0 bridgehead atoms. The third-order valence-corrected chi connectivity index (χ3v) is 3.38. The number of oxazole rings is 1. The Balaban J connectivity index is 1.54. The Hall–Kier alpha value is -2.96. The van der Waals surface area contributed by atoms with E-state index in [9.17, 15) is 14.4 Å². The molecular weight excluding hydrogens is 300 g/mol. The van der Waals surface area contributed by atoms with Gasteiger partial charge in [-0.05, 0) is 18.6 Å². The van der Waals surface area contributed by atoms with E-state index in [0.717, 1.165) is 11.0 Å². The number of carbonyl (C=O) groups excluding carboxylic acids is 3. The van der Waals surface area contributed by atoms with Gasteiger partial charge in [0.1, 0.15) is 5.52 Å². The van der Waals surface area contributed by atoms with Gasteiger partial charge < -0.3 is 9.15 Å². The molecule has 0 spiro atoms. The number of esters is 1. The van der Waals surface area contributed by atoms with Crippen molar-refractivity contribution in [3.05, 3.63) is 36.2 Å². The molecule has 0 unspecified atom stereocenters. The number of amides is 2. The Labute approximate surface area is 131 Å². The zero-order valence-corrected chi connectivity index (χ0v) is 12.2. The Morgan fingerprint density at radius 2 is 2.17 bits per heavy atom. The molecule has 0 saturated carbocycles. The van der Waals surface area contributed by atoms with Gasteiger partial charge in [-0.25, -0.2) is 9.78 Å². The van der Waals surface area contributed by atoms with Gasteiger partial charge in [-0.15, -0.1) is 0 Å². The van der Waals surface area contributed by atoms with Crippen LogP contribution in [0.2, 0.25) is 0 Å². The summed E-state index contributed by atoms with van der Waals surface area (Å²) in [5, 5.41) is 0. The van der Waals surface area contributed by atoms with Gasteiger partial charge in [0, 0.05) is 25.1 Å². The second-order valence-electron chi connectivity index (χ2n) is 5.00. The molecule has 7 nitrogen and oxygen atoms in total. The summed E-state index contributed by atoms with van der Waals surface area (Å²) in [6.45, 7) is -0.0730. The third kappa shape index (κ3) is 3.45. The Morgan fingerprint density at radius 3 is 2.91 bits per heavy atom. The van der Waals surface area contributed by atoms with E-state index in [1.54, 1.807) is 12.1 Å². The molecule has 1 fully saturated rings. The molecule has 1 aromatic carbocycles. The van der Waals surface area contributed by atoms with Crippen LogP contribution in [0.15, 0.2) is 34.8 Å². The Morgan fingerprint density at radius 1 is 1.35 bits per heavy atom. The number of hydrogen-bond donors (Lipinski definition) is 0. The van der Waals surface area contributed by atoms with E-state index in [1.165, 1.54) is 6.08 Å². The van der Waals surface area contributed by atoms with Gasteiger partial charge in [-0.1, -0.05) is 12.1 Å². The normalized spacial score (nSPS) is 14.8. The third-order valence-electron chi connectivity index (χ3n) is 3.38. The molecule has 118 valence electrons. The van der Waals surface area contributed by atoms with Crippen molar-refractivity contribution in [2.24, 2.45) is 0 Å². The van der Waals surface area contributed by atoms with Crippen molar-refractivity contribution in [2.75, 3.05) is 13.2 Å². The van der Waals surface area contributed by atoms with E-state index in [1.807, 2.05) is 12.1 Å². The maximum Gasteiger partial charge on any atom is 0.331 e. The largest absolute Gasteiger partial charge is 0.452 e. The highest BCUT2D eigenvalue weighted by atomic mass is 16.5. The second kappa shape index (κ2) is 6.43. The molecule has 3 rings (SSSR count). The number of carbonyl (C=O) groups is 3. The summed E-state index contributed by atoms with van der Waals surface area (Å²) in [6, 6.07) is 7.21. The average molecular weight is 314 g/mol. The van der Waals surface area contributed by atoms with E-state index in [-0.39, 0.29) is 11.8 Å². The van der Waals surface area contributed by atoms with Crippen molar-refractivity contribution in [1.82, 2.24) is 9.88 Å². The Kier molecular flexibility index (Phi) is 4.18. The van der Waals surface area contributed by atoms with E-state index in [0.29, 0.717) is 30.5 Å². The molecule has 0 N–H and O–H groups in total. The van der Waals surface area contributed by atoms with Crippen LogP contribution in [0.4, 0.5) is 0 Å². The van der Waals surface area contributed by atoms with Crippen LogP contribution in [0.5, 0.6) is 0 Å². The molecule has 1 aromatic heterocycles. The first kappa shape index (κ1) is 15.0. The fourth-order valence-corrected chi connectivity index (χ4v) is 2.27. The van der Waals surface area contributed by atoms with Gasteiger partial charge in [0.25, 0.3) is 5.91 Å². The first-order chi connectivity index (χ1) is 11.1. The molecular formula is C16H14N2O5. The molecule has 0 aliphatic carbocycles. The van der Waals surface area contributed by atoms with E-state index < -0.39 is 18.5 Å². The molecule has 2 heterocycles. The number of benzene rings is 1. The van der Waals surface area contributed by atoms with Crippen LogP contribution in [0.25, 0.3) is 17.2 Å². The first-order valence-electron chi connectivity index (χ1n) is 7.17. The number of nitrogens with zero attached hydrogens (tertiary/aromatic N) is 2. The summed E-state index contributed by atoms with van der Waals surface area (Å²) >= 11 is 0. The zero-order valence-electron chi connectivity index (χ0n) is 12.2. The highest BCUT2D eigenvalue weighted by Gasteiger charge is 2.26. The minimum atomic E-state index is -0.702. The van der Waals surface area contributed by atoms with E-state index >= 15 is 0 Å². The summed E-state index contributed by atoms with van der Waals surface area (Å²) in [4.78, 5) is 40.0. The second-order valence-corrected chi connectivity index (χ2v) is 5.00. The van der Waals surface area contributed by atoms with Crippen molar-refractivity contribution >= 4 is 35.0 Å². The average Bonchev–Trinajstić information content (AvgIpc) is 3.16. The van der Waals surface area contributed by atoms with Crippen LogP contribution in [-0.2, 0) is 19.1 Å². The predicted molar refractivity (Wildman–Crippen MR) is 80.0 cm³/mol. The van der Waals surface area contributed by atoms with Gasteiger partial charge >= 0.3 is 5.97 Å². The predicted octanol–water partition coefficient (Wildman–Crippen LogP) is 1.53. The fourth-order valence-electron chi connectivity index (χ4n) is 2.27. The van der Waals surface area contributed by atoms with Crippen molar-refractivity contribution in [1.29, 1.82) is 0 Å². The first-order valence-corrected chi connectivity index (χ1v) is 7.17. The summed E-state index contributed by atoms with van der Waals surface area (Å²) in [5.41, 5.74) is 1.30. The molecule has 7 heteroatoms. The van der Waals surface area contributed by atoms with Gasteiger partial charge in [-0.2, -0.15) is 0 Å². The SMILES string of the molecule is O=C(/C=C/c1nc2ccccc2o1)OCC(=O)N1CCCC1=O. The molecule has 0 radical (unpaired) electrons. The minimum Gasteiger partial charge on any atom is -0.452 e. The number of ether oxygens (including phenoxy) is 1. The van der Waals surface area contributed by atoms with Gasteiger partial charge in [0.15, 0.2) is 12.2 Å². The lowest BCUT2D eigenvalue weighted by atomic mass is 10.3. The van der Waals surface area contributed by atoms with Gasteiger partial charge in [0.2, 0.25) is 11.8 Å². The molecule has 1 aliphatic rings. The van der Waals surface area contributed by atoms with Crippen molar-refractivity contribution < 1.29 is 23.5 Å². The zero-order chi connectivity index (χ0) is 16.2. The van der Waals surface area contributed by atoms with Gasteiger partial charge in [-0.3, -0.25) is 14.5 Å². The smallest absolute Gasteiger partial charge is 0.331 e. The molecule has 0 atom stereocenters. The highest BCUT2D eigenvalue weighted by Crippen LogP contribution is 2.15. The summed E-state index contributed by atoms with van der Waals surface area (Å²) < 4.78 is 10.2. The molecule has 1 aliphatic heterocycles. The lowest BCUT2D eigenvalue weighted by Crippen LogP contribution is -2.35. The number of aromatic nitrogens is 1. The van der Waals surface area contributed by atoms with Crippen molar-refractivity contribution in [2.45, 2.75) is 12.8 Å². The van der Waals surface area contributed by atoms with Crippen molar-refractivity contribution in [3.8, 4) is 0 Å². The molecule has 2 amide bonds. The quantitative estimate of drug-likeness (QED) is 0.628. The van der Waals surface area contributed by atoms with E-state index in [2.05, 4.69) is 4.98 Å². The maximum atomic E-state index is 11.7. The number of rotatable bonds is 4. The number of hydrogen-bond acceptors (Lipinski definition) is 6. The lowest BCUT2D eigenvalue weighted by molar-refractivity contribution is -0.151. The summed E-state index contributed by atoms with van der Waals surface area (Å²) in [7, 11) is 0. The van der Waals surface area contributed by atoms with Crippen LogP contribution < -0.4 is 0 Å². The van der Waals surface area contributed by atoms with Crippen LogP contribution >= 0.6 is 0 Å². The fraction of sp³-hybridized carbons (Fsp3) is 0.250. The maximum absolute atomic E-state index is 11.7. The standard InChI is InChI=1S/C16H14N2O5/c19-14-6-3-9-18(14)15(20)10-22-16(21)8-7-13-17-11-4-1-2-5-12(11)23-13/h1-2,4-5,7-8H,3,6,9-10H2/b8-7+. The van der Waals surface area contributed by atoms with Crippen LogP contribution in [-0.4, -0.2) is 40.8 Å². The number of fused-ring (bicyclic) bond motifs is 1. The van der Waals surface area contributed by atoms with Crippen LogP contribution in [0.3, 0.4) is 0 Å². The topological polar surface area (TPSA) is 89.7 Å². The van der Waals surface area contributed by atoms with Crippen LogP contribution in [0, 0.1) is 0 Å². The van der Waals surface area contributed by atoms with Crippen molar-refractivity contribution in [3.63, 3.8) is 0 Å². The molecule has 2 aromatic rings. The highest BCUT2D eigenvalue weighted by molar-refractivity contribution is 5.98. The monoisotopic (exact) mass is 314 g/mol. The number of likely N-dealkylation sites (tertiary alicyclic amines) is 1. The number of imide groups is 1. The summed E-state index contributed by atoms with van der Waals surface area (Å²) in [6.07, 6.45) is 3.51. The minimum absolute atomic E-state index is 0.229. The summed E-state index contributed by atoms with van der Waals surface area (Å²) in [5.74, 6) is -1.17. The van der Waals surface area contributed by atoms with Gasteiger partial charge in [0.05, 0.1) is 0 Å². The van der Waals surface area contributed by atoms with Crippen LogP contribution in [0.1, 0.15) is 18.7 Å².